The van der Waals surface area contributed by atoms with Gasteiger partial charge in [-0.2, -0.15) is 0 Å². The lowest BCUT2D eigenvalue weighted by Gasteiger charge is -2.24. The van der Waals surface area contributed by atoms with Crippen LogP contribution in [0.1, 0.15) is 16.8 Å². The van der Waals surface area contributed by atoms with Crippen LogP contribution in [-0.2, 0) is 4.74 Å². The Kier molecular flexibility index (Phi) is 7.38. The van der Waals surface area contributed by atoms with Gasteiger partial charge < -0.3 is 4.74 Å². The molecule has 0 aromatic heterocycles. The summed E-state index contributed by atoms with van der Waals surface area (Å²) in [4.78, 5) is 25.1. The van der Waals surface area contributed by atoms with Crippen LogP contribution in [0.2, 0.25) is 10.0 Å². The highest BCUT2D eigenvalue weighted by Gasteiger charge is 2.38. The van der Waals surface area contributed by atoms with Crippen molar-refractivity contribution >= 4 is 86.3 Å². The van der Waals surface area contributed by atoms with Crippen LogP contribution >= 0.6 is 58.0 Å². The zero-order valence-corrected chi connectivity index (χ0v) is 19.0. The summed E-state index contributed by atoms with van der Waals surface area (Å²) in [6, 6.07) is 17.3. The largest absolute Gasteiger partial charge is 0.441 e. The number of halogens is 5. The Morgan fingerprint density at radius 2 is 1.67 bits per heavy atom. The SMILES string of the molecule is O=C(Nc1cccc2ccccc12)OC(CC(=O)c1ccc(Cl)cc1Cl)C(Cl)(Cl)Cl. The van der Waals surface area contributed by atoms with Crippen LogP contribution in [0.15, 0.2) is 60.7 Å². The van der Waals surface area contributed by atoms with E-state index in [0.717, 1.165) is 10.8 Å². The number of amides is 1. The maximum Gasteiger partial charge on any atom is 0.412 e. The molecule has 1 amide bonds. The van der Waals surface area contributed by atoms with Crippen molar-refractivity contribution in [3.8, 4) is 0 Å². The Hall–Kier alpha value is -1.69. The Morgan fingerprint density at radius 1 is 0.967 bits per heavy atom. The molecule has 4 nitrogen and oxygen atoms in total. The molecule has 0 spiro atoms. The molecule has 0 saturated carbocycles. The number of ether oxygens (including phenoxy) is 1. The first-order valence-electron chi connectivity index (χ1n) is 8.65. The van der Waals surface area contributed by atoms with Crippen LogP contribution in [-0.4, -0.2) is 21.8 Å². The Bertz CT molecular complexity index is 1090. The minimum atomic E-state index is -2.04. The normalized spacial score (nSPS) is 12.4. The fourth-order valence-corrected chi connectivity index (χ4v) is 3.70. The molecular formula is C21H14Cl5NO3. The summed E-state index contributed by atoms with van der Waals surface area (Å²) in [6.07, 6.45) is -2.60. The quantitative estimate of drug-likeness (QED) is 0.285. The molecule has 1 atom stereocenters. The van der Waals surface area contributed by atoms with E-state index in [1.54, 1.807) is 12.1 Å². The molecule has 30 heavy (non-hydrogen) atoms. The number of nitrogens with one attached hydrogen (secondary N) is 1. The molecule has 156 valence electrons. The van der Waals surface area contributed by atoms with Gasteiger partial charge in [-0.1, -0.05) is 94.4 Å². The fraction of sp³-hybridized carbons (Fsp3) is 0.143. The first kappa shape index (κ1) is 23.0. The number of benzene rings is 3. The molecule has 0 heterocycles. The lowest BCUT2D eigenvalue weighted by Crippen LogP contribution is -2.35. The summed E-state index contributed by atoms with van der Waals surface area (Å²) in [5.41, 5.74) is 0.701. The van der Waals surface area contributed by atoms with Crippen molar-refractivity contribution in [2.45, 2.75) is 16.3 Å². The number of Topliss-reactive ketones (excluding diaryl/α,β-unsaturated/α-hetero) is 1. The molecule has 0 aliphatic rings. The average molecular weight is 506 g/mol. The molecule has 1 unspecified atom stereocenters. The summed E-state index contributed by atoms with van der Waals surface area (Å²) < 4.78 is 3.25. The van der Waals surface area contributed by atoms with E-state index in [9.17, 15) is 9.59 Å². The zero-order chi connectivity index (χ0) is 21.9. The standard InChI is InChI=1S/C21H14Cl5NO3/c22-13-8-9-15(16(23)10-13)18(28)11-19(21(24,25)26)30-20(29)27-17-7-3-5-12-4-1-2-6-14(12)17/h1-10,19H,11H2,(H,27,29). The minimum absolute atomic E-state index is 0.149. The molecule has 1 N–H and O–H groups in total. The number of anilines is 1. The first-order valence-corrected chi connectivity index (χ1v) is 10.5. The minimum Gasteiger partial charge on any atom is -0.441 e. The highest BCUT2D eigenvalue weighted by molar-refractivity contribution is 6.68. The molecule has 3 rings (SSSR count). The van der Waals surface area contributed by atoms with E-state index in [-0.39, 0.29) is 17.0 Å². The van der Waals surface area contributed by atoms with Gasteiger partial charge in [-0.15, -0.1) is 0 Å². The molecule has 0 aliphatic carbocycles. The topological polar surface area (TPSA) is 55.4 Å². The number of ketones is 1. The molecule has 0 radical (unpaired) electrons. The van der Waals surface area contributed by atoms with E-state index < -0.39 is 21.8 Å². The van der Waals surface area contributed by atoms with Crippen molar-refractivity contribution in [1.29, 1.82) is 0 Å². The average Bonchev–Trinajstić information content (AvgIpc) is 2.67. The predicted molar refractivity (Wildman–Crippen MR) is 124 cm³/mol. The number of fused-ring (bicyclic) bond motifs is 1. The fourth-order valence-electron chi connectivity index (χ4n) is 2.82. The maximum atomic E-state index is 12.6. The van der Waals surface area contributed by atoms with Crippen molar-refractivity contribution in [2.24, 2.45) is 0 Å². The Labute approximate surface area is 197 Å². The highest BCUT2D eigenvalue weighted by atomic mass is 35.6. The van der Waals surface area contributed by atoms with E-state index in [0.29, 0.717) is 10.7 Å². The second-order valence-corrected chi connectivity index (χ2v) is 9.55. The van der Waals surface area contributed by atoms with Crippen LogP contribution in [0.5, 0.6) is 0 Å². The molecule has 0 saturated heterocycles. The van der Waals surface area contributed by atoms with E-state index in [4.69, 9.17) is 62.7 Å². The predicted octanol–water partition coefficient (Wildman–Crippen LogP) is 7.71. The number of carbonyl (C=O) groups is 2. The zero-order valence-electron chi connectivity index (χ0n) is 15.2. The summed E-state index contributed by atoms with van der Waals surface area (Å²) in [5, 5.41) is 4.89. The smallest absolute Gasteiger partial charge is 0.412 e. The summed E-state index contributed by atoms with van der Waals surface area (Å²) >= 11 is 29.8. The van der Waals surface area contributed by atoms with Gasteiger partial charge >= 0.3 is 6.09 Å². The van der Waals surface area contributed by atoms with E-state index in [1.165, 1.54) is 18.2 Å². The Morgan fingerprint density at radius 3 is 2.37 bits per heavy atom. The second-order valence-electron chi connectivity index (χ2n) is 6.34. The third kappa shape index (κ3) is 5.71. The maximum absolute atomic E-state index is 12.6. The van der Waals surface area contributed by atoms with Crippen molar-refractivity contribution < 1.29 is 14.3 Å². The van der Waals surface area contributed by atoms with Crippen LogP contribution in [0, 0.1) is 0 Å². The molecule has 0 bridgehead atoms. The first-order chi connectivity index (χ1) is 14.1. The molecule has 0 aliphatic heterocycles. The summed E-state index contributed by atoms with van der Waals surface area (Å²) in [5.74, 6) is -0.467. The van der Waals surface area contributed by atoms with Gasteiger partial charge in [0.15, 0.2) is 11.9 Å². The van der Waals surface area contributed by atoms with Gasteiger partial charge in [-0.05, 0) is 29.7 Å². The molecule has 9 heteroatoms. The number of hydrogen-bond acceptors (Lipinski definition) is 3. The van der Waals surface area contributed by atoms with Gasteiger partial charge in [0.25, 0.3) is 0 Å². The van der Waals surface area contributed by atoms with Crippen LogP contribution in [0.4, 0.5) is 10.5 Å². The van der Waals surface area contributed by atoms with Gasteiger partial charge in [0.2, 0.25) is 3.79 Å². The van der Waals surface area contributed by atoms with Gasteiger partial charge in [0.05, 0.1) is 17.1 Å². The van der Waals surface area contributed by atoms with E-state index in [2.05, 4.69) is 5.32 Å². The monoisotopic (exact) mass is 503 g/mol. The lowest BCUT2D eigenvalue weighted by atomic mass is 10.1. The van der Waals surface area contributed by atoms with Gasteiger partial charge in [0.1, 0.15) is 0 Å². The van der Waals surface area contributed by atoms with Crippen molar-refractivity contribution in [1.82, 2.24) is 0 Å². The van der Waals surface area contributed by atoms with Crippen molar-refractivity contribution in [2.75, 3.05) is 5.32 Å². The van der Waals surface area contributed by atoms with Crippen molar-refractivity contribution in [3.05, 3.63) is 76.3 Å². The number of carbonyl (C=O) groups excluding carboxylic acids is 2. The number of rotatable bonds is 5. The molecule has 3 aromatic rings. The number of alkyl halides is 3. The lowest BCUT2D eigenvalue weighted by molar-refractivity contribution is 0.0813. The summed E-state index contributed by atoms with van der Waals surface area (Å²) in [7, 11) is 0. The van der Waals surface area contributed by atoms with Gasteiger partial charge in [-0.3, -0.25) is 10.1 Å². The van der Waals surface area contributed by atoms with Gasteiger partial charge in [0, 0.05) is 16.0 Å². The van der Waals surface area contributed by atoms with E-state index >= 15 is 0 Å². The Balaban J connectivity index is 1.76. The van der Waals surface area contributed by atoms with Crippen LogP contribution in [0.3, 0.4) is 0 Å². The molecular weight excluding hydrogens is 492 g/mol. The molecule has 3 aromatic carbocycles. The number of hydrogen-bond donors (Lipinski definition) is 1. The highest BCUT2D eigenvalue weighted by Crippen LogP contribution is 2.36. The van der Waals surface area contributed by atoms with Crippen LogP contribution < -0.4 is 5.32 Å². The van der Waals surface area contributed by atoms with Crippen LogP contribution in [0.25, 0.3) is 10.8 Å². The van der Waals surface area contributed by atoms with E-state index in [1.807, 2.05) is 30.3 Å². The third-order valence-corrected chi connectivity index (χ3v) is 5.52. The summed E-state index contributed by atoms with van der Waals surface area (Å²) in [6.45, 7) is 0. The second kappa shape index (κ2) is 9.63. The van der Waals surface area contributed by atoms with Crippen molar-refractivity contribution in [3.63, 3.8) is 0 Å². The third-order valence-electron chi connectivity index (χ3n) is 4.24. The molecule has 0 fully saturated rings. The van der Waals surface area contributed by atoms with Gasteiger partial charge in [-0.25, -0.2) is 4.79 Å².